The van der Waals surface area contributed by atoms with Gasteiger partial charge in [-0.25, -0.2) is 0 Å². The number of nitrogens with zero attached hydrogens (tertiary/aromatic N) is 2. The molecule has 2 N–H and O–H groups in total. The molecule has 2 heterocycles. The van der Waals surface area contributed by atoms with E-state index in [0.717, 1.165) is 42.6 Å². The Bertz CT molecular complexity index is 983. The Hall–Kier alpha value is -2.57. The molecule has 0 spiro atoms. The van der Waals surface area contributed by atoms with Crippen LogP contribution in [0.25, 0.3) is 0 Å². The van der Waals surface area contributed by atoms with Crippen LogP contribution >= 0.6 is 11.6 Å². The van der Waals surface area contributed by atoms with Gasteiger partial charge in [-0.1, -0.05) is 29.8 Å². The Kier molecular flexibility index (Phi) is 5.47. The summed E-state index contributed by atoms with van der Waals surface area (Å²) in [5, 5.41) is 3.66. The van der Waals surface area contributed by atoms with Crippen LogP contribution in [0.5, 0.6) is 0 Å². The molecule has 7 heteroatoms. The Morgan fingerprint density at radius 3 is 2.57 bits per heavy atom. The predicted octanol–water partition coefficient (Wildman–Crippen LogP) is 2.12. The lowest BCUT2D eigenvalue weighted by atomic mass is 9.96. The van der Waals surface area contributed by atoms with Crippen LogP contribution in [-0.4, -0.2) is 50.1 Å². The number of para-hydroxylation sites is 2. The third kappa shape index (κ3) is 3.77. The number of anilines is 3. The first-order valence-corrected chi connectivity index (χ1v) is 10.7. The standard InChI is InChI=1S/C23H27ClN4O2/c1-16-8-9-17(24)14-20(16)27-12-10-26(11-13-27)15-21(29)28-19-7-5-4-6-18(19)25-22(30)23(28,2)3/h4-9,14H,10-13,15H2,1-3H3,(H,25,30)/p+1. The lowest BCUT2D eigenvalue weighted by Gasteiger charge is -2.42. The van der Waals surface area contributed by atoms with E-state index in [2.05, 4.69) is 17.1 Å². The molecule has 2 aliphatic heterocycles. The van der Waals surface area contributed by atoms with Crippen molar-refractivity contribution in [1.29, 1.82) is 0 Å². The second-order valence-corrected chi connectivity index (χ2v) is 9.04. The van der Waals surface area contributed by atoms with Gasteiger partial charge in [0.2, 0.25) is 5.91 Å². The molecule has 4 rings (SSSR count). The van der Waals surface area contributed by atoms with Gasteiger partial charge in [-0.05, 0) is 50.6 Å². The topological polar surface area (TPSA) is 57.1 Å². The molecular formula is C23H28ClN4O2+. The highest BCUT2D eigenvalue weighted by atomic mass is 35.5. The van der Waals surface area contributed by atoms with Crippen molar-refractivity contribution in [2.45, 2.75) is 26.3 Å². The average Bonchev–Trinajstić information content (AvgIpc) is 2.71. The average molecular weight is 428 g/mol. The minimum Gasteiger partial charge on any atom is -0.360 e. The maximum Gasteiger partial charge on any atom is 0.283 e. The molecule has 6 nitrogen and oxygen atoms in total. The number of carbonyl (C=O) groups is 2. The van der Waals surface area contributed by atoms with E-state index in [9.17, 15) is 9.59 Å². The van der Waals surface area contributed by atoms with Gasteiger partial charge in [0, 0.05) is 10.7 Å². The summed E-state index contributed by atoms with van der Waals surface area (Å²) < 4.78 is 0. The summed E-state index contributed by atoms with van der Waals surface area (Å²) in [6.07, 6.45) is 0. The van der Waals surface area contributed by atoms with Gasteiger partial charge in [0.25, 0.3) is 5.91 Å². The van der Waals surface area contributed by atoms with Crippen LogP contribution in [0, 0.1) is 6.92 Å². The largest absolute Gasteiger partial charge is 0.360 e. The van der Waals surface area contributed by atoms with Crippen LogP contribution in [0.1, 0.15) is 19.4 Å². The van der Waals surface area contributed by atoms with Crippen LogP contribution in [-0.2, 0) is 9.59 Å². The van der Waals surface area contributed by atoms with Crippen LogP contribution in [0.4, 0.5) is 17.1 Å². The summed E-state index contributed by atoms with van der Waals surface area (Å²) in [4.78, 5) is 31.2. The molecule has 30 heavy (non-hydrogen) atoms. The number of benzene rings is 2. The van der Waals surface area contributed by atoms with Crippen LogP contribution < -0.4 is 20.0 Å². The minimum absolute atomic E-state index is 0.0234. The third-order valence-corrected chi connectivity index (χ3v) is 6.38. The van der Waals surface area contributed by atoms with Crippen molar-refractivity contribution in [1.82, 2.24) is 0 Å². The number of rotatable bonds is 3. The Morgan fingerprint density at radius 1 is 1.13 bits per heavy atom. The highest BCUT2D eigenvalue weighted by Gasteiger charge is 2.44. The summed E-state index contributed by atoms with van der Waals surface area (Å²) in [6, 6.07) is 13.5. The van der Waals surface area contributed by atoms with Gasteiger partial charge >= 0.3 is 0 Å². The monoisotopic (exact) mass is 427 g/mol. The molecule has 2 aromatic carbocycles. The SMILES string of the molecule is Cc1ccc(Cl)cc1N1CC[NH+](CC(=O)N2c3ccccc3NC(=O)C2(C)C)CC1. The summed E-state index contributed by atoms with van der Waals surface area (Å²) in [5.74, 6) is -0.185. The van der Waals surface area contributed by atoms with Crippen molar-refractivity contribution >= 4 is 40.5 Å². The maximum atomic E-state index is 13.3. The van der Waals surface area contributed by atoms with Crippen LogP contribution in [0.2, 0.25) is 5.02 Å². The van der Waals surface area contributed by atoms with E-state index in [4.69, 9.17) is 11.6 Å². The number of hydrogen-bond acceptors (Lipinski definition) is 3. The highest BCUT2D eigenvalue weighted by molar-refractivity contribution is 6.30. The molecule has 0 bridgehead atoms. The van der Waals surface area contributed by atoms with E-state index in [0.29, 0.717) is 12.2 Å². The molecular weight excluding hydrogens is 400 g/mol. The molecule has 0 aliphatic carbocycles. The number of nitrogens with one attached hydrogen (secondary N) is 2. The molecule has 1 saturated heterocycles. The number of piperazine rings is 1. The normalized spacial score (nSPS) is 18.7. The molecule has 0 aromatic heterocycles. The van der Waals surface area contributed by atoms with Crippen molar-refractivity contribution in [3.63, 3.8) is 0 Å². The fraction of sp³-hybridized carbons (Fsp3) is 0.391. The highest BCUT2D eigenvalue weighted by Crippen LogP contribution is 2.36. The number of carbonyl (C=O) groups excluding carboxylic acids is 2. The Morgan fingerprint density at radius 2 is 1.83 bits per heavy atom. The molecule has 0 radical (unpaired) electrons. The second-order valence-electron chi connectivity index (χ2n) is 8.60. The quantitative estimate of drug-likeness (QED) is 0.788. The first kappa shape index (κ1) is 20.7. The molecule has 2 aromatic rings. The number of hydrogen-bond donors (Lipinski definition) is 2. The lowest BCUT2D eigenvalue weighted by Crippen LogP contribution is -3.16. The van der Waals surface area contributed by atoms with Gasteiger partial charge in [0.05, 0.1) is 37.6 Å². The van der Waals surface area contributed by atoms with Crippen LogP contribution in [0.15, 0.2) is 42.5 Å². The van der Waals surface area contributed by atoms with E-state index < -0.39 is 5.54 Å². The number of fused-ring (bicyclic) bond motifs is 1. The number of aryl methyl sites for hydroxylation is 1. The fourth-order valence-electron chi connectivity index (χ4n) is 4.36. The van der Waals surface area contributed by atoms with Crippen molar-refractivity contribution in [2.75, 3.05) is 47.8 Å². The molecule has 158 valence electrons. The lowest BCUT2D eigenvalue weighted by molar-refractivity contribution is -0.892. The van der Waals surface area contributed by atoms with Crippen molar-refractivity contribution < 1.29 is 14.5 Å². The first-order chi connectivity index (χ1) is 14.3. The molecule has 0 unspecified atom stereocenters. The van der Waals surface area contributed by atoms with Gasteiger partial charge < -0.3 is 15.1 Å². The van der Waals surface area contributed by atoms with Gasteiger partial charge in [-0.15, -0.1) is 0 Å². The van der Waals surface area contributed by atoms with Gasteiger partial charge in [0.1, 0.15) is 5.54 Å². The van der Waals surface area contributed by atoms with Crippen molar-refractivity contribution in [2.24, 2.45) is 0 Å². The molecule has 2 aliphatic rings. The number of quaternary nitrogens is 1. The van der Waals surface area contributed by atoms with E-state index >= 15 is 0 Å². The van der Waals surface area contributed by atoms with Crippen molar-refractivity contribution in [3.8, 4) is 0 Å². The zero-order valence-electron chi connectivity index (χ0n) is 17.7. The van der Waals surface area contributed by atoms with Gasteiger partial charge in [-0.2, -0.15) is 0 Å². The molecule has 1 fully saturated rings. The fourth-order valence-corrected chi connectivity index (χ4v) is 4.52. The van der Waals surface area contributed by atoms with E-state index in [1.807, 2.05) is 42.5 Å². The minimum atomic E-state index is -0.926. The zero-order chi connectivity index (χ0) is 21.5. The number of amides is 2. The Labute approximate surface area is 182 Å². The van der Waals surface area contributed by atoms with Gasteiger partial charge in [0.15, 0.2) is 6.54 Å². The molecule has 0 saturated carbocycles. The summed E-state index contributed by atoms with van der Waals surface area (Å²) >= 11 is 6.18. The predicted molar refractivity (Wildman–Crippen MR) is 121 cm³/mol. The van der Waals surface area contributed by atoms with E-state index in [1.54, 1.807) is 18.7 Å². The smallest absolute Gasteiger partial charge is 0.283 e. The zero-order valence-corrected chi connectivity index (χ0v) is 18.4. The van der Waals surface area contributed by atoms with Gasteiger partial charge in [-0.3, -0.25) is 14.5 Å². The summed E-state index contributed by atoms with van der Waals surface area (Å²) in [5.41, 5.74) is 2.89. The molecule has 2 amide bonds. The van der Waals surface area contributed by atoms with Crippen LogP contribution in [0.3, 0.4) is 0 Å². The van der Waals surface area contributed by atoms with Crippen molar-refractivity contribution in [3.05, 3.63) is 53.1 Å². The summed E-state index contributed by atoms with van der Waals surface area (Å²) in [6.45, 7) is 9.51. The third-order valence-electron chi connectivity index (χ3n) is 6.14. The molecule has 0 atom stereocenters. The second kappa shape index (κ2) is 7.93. The summed E-state index contributed by atoms with van der Waals surface area (Å²) in [7, 11) is 0. The first-order valence-electron chi connectivity index (χ1n) is 10.4. The number of halogens is 1. The Balaban J connectivity index is 1.46. The maximum absolute atomic E-state index is 13.3. The van der Waals surface area contributed by atoms with E-state index in [1.165, 1.54) is 10.5 Å². The van der Waals surface area contributed by atoms with E-state index in [-0.39, 0.29) is 11.8 Å².